The summed E-state index contributed by atoms with van der Waals surface area (Å²) in [6.07, 6.45) is -1.14. The number of rotatable bonds is 15. The topological polar surface area (TPSA) is 172 Å². The Kier molecular flexibility index (Phi) is 12.0. The number of aromatic hydroxyl groups is 1. The highest BCUT2D eigenvalue weighted by Gasteiger charge is 2.40. The van der Waals surface area contributed by atoms with Crippen molar-refractivity contribution in [2.24, 2.45) is 17.8 Å². The molecule has 0 aliphatic heterocycles. The van der Waals surface area contributed by atoms with Crippen LogP contribution in [0.1, 0.15) is 43.2 Å². The lowest BCUT2D eigenvalue weighted by atomic mass is 9.82. The number of aromatic nitrogens is 1. The predicted molar refractivity (Wildman–Crippen MR) is 140 cm³/mol. The van der Waals surface area contributed by atoms with Crippen LogP contribution < -0.4 is 10.1 Å². The molecule has 0 radical (unpaired) electrons. The summed E-state index contributed by atoms with van der Waals surface area (Å²) in [6, 6.07) is 8.98. The maximum Gasteiger partial charge on any atom is 0.308 e. The second kappa shape index (κ2) is 14.9. The highest BCUT2D eigenvalue weighted by Crippen LogP contribution is 2.28. The number of ether oxygens (including phenoxy) is 2. The second-order valence-corrected chi connectivity index (χ2v) is 9.50. The molecule has 0 saturated carbocycles. The van der Waals surface area contributed by atoms with E-state index in [1.54, 1.807) is 38.1 Å². The Morgan fingerprint density at radius 3 is 2.33 bits per heavy atom. The van der Waals surface area contributed by atoms with Crippen LogP contribution in [0.2, 0.25) is 0 Å². The van der Waals surface area contributed by atoms with Gasteiger partial charge in [0, 0.05) is 24.8 Å². The number of Topliss-reactive ketones (excluding diaryl/α,β-unsaturated/α-hetero) is 1. The molecule has 0 bridgehead atoms. The highest BCUT2D eigenvalue weighted by molar-refractivity contribution is 5.99. The molecule has 1 amide bonds. The van der Waals surface area contributed by atoms with Crippen LogP contribution in [0.5, 0.6) is 11.5 Å². The minimum atomic E-state index is -1.78. The Hall–Kier alpha value is -3.83. The molecule has 0 fully saturated rings. The number of esters is 1. The number of ketones is 1. The SMILES string of the molecule is COc1ccnc(C(=O)N[C@@H](CCO)C(=O)C(O)[C@H](C)[C@@H](OC(=O)C(C)C)[C@H](C=O)Cc2ccccc2)c1O. The van der Waals surface area contributed by atoms with E-state index in [0.29, 0.717) is 6.29 Å². The van der Waals surface area contributed by atoms with Crippen molar-refractivity contribution in [1.82, 2.24) is 10.3 Å². The first-order valence-corrected chi connectivity index (χ1v) is 12.6. The summed E-state index contributed by atoms with van der Waals surface area (Å²) in [4.78, 5) is 54.6. The molecular weight excluding hydrogens is 508 g/mol. The Labute approximate surface area is 227 Å². The van der Waals surface area contributed by atoms with Crippen LogP contribution in [0.15, 0.2) is 42.6 Å². The Morgan fingerprint density at radius 2 is 1.77 bits per heavy atom. The van der Waals surface area contributed by atoms with Crippen LogP contribution in [0.4, 0.5) is 0 Å². The molecule has 11 heteroatoms. The first kappa shape index (κ1) is 31.4. The van der Waals surface area contributed by atoms with Crippen molar-refractivity contribution in [3.8, 4) is 11.5 Å². The molecule has 0 aliphatic rings. The second-order valence-electron chi connectivity index (χ2n) is 9.50. The van der Waals surface area contributed by atoms with Gasteiger partial charge in [-0.25, -0.2) is 4.98 Å². The number of methoxy groups -OCH3 is 1. The number of nitrogens with one attached hydrogen (secondary N) is 1. The molecule has 0 aliphatic carbocycles. The van der Waals surface area contributed by atoms with Gasteiger partial charge in [0.05, 0.1) is 25.0 Å². The smallest absolute Gasteiger partial charge is 0.308 e. The number of carbonyl (C=O) groups excluding carboxylic acids is 4. The van der Waals surface area contributed by atoms with E-state index in [9.17, 15) is 34.5 Å². The van der Waals surface area contributed by atoms with E-state index in [4.69, 9.17) is 9.47 Å². The van der Waals surface area contributed by atoms with Gasteiger partial charge in [-0.15, -0.1) is 0 Å². The molecule has 1 aromatic heterocycles. The molecule has 2 rings (SSSR count). The van der Waals surface area contributed by atoms with E-state index >= 15 is 0 Å². The normalized spacial score (nSPS) is 14.9. The average Bonchev–Trinajstić information content (AvgIpc) is 2.93. The summed E-state index contributed by atoms with van der Waals surface area (Å²) >= 11 is 0. The largest absolute Gasteiger partial charge is 0.503 e. The van der Waals surface area contributed by atoms with Gasteiger partial charge in [0.2, 0.25) is 0 Å². The summed E-state index contributed by atoms with van der Waals surface area (Å²) < 4.78 is 10.6. The highest BCUT2D eigenvalue weighted by atomic mass is 16.5. The zero-order valence-electron chi connectivity index (χ0n) is 22.4. The number of aliphatic hydroxyl groups excluding tert-OH is 2. The van der Waals surface area contributed by atoms with Crippen LogP contribution in [0.25, 0.3) is 0 Å². The van der Waals surface area contributed by atoms with Gasteiger partial charge in [-0.2, -0.15) is 0 Å². The van der Waals surface area contributed by atoms with Gasteiger partial charge in [-0.1, -0.05) is 51.1 Å². The van der Waals surface area contributed by atoms with Crippen LogP contribution in [-0.4, -0.2) is 76.2 Å². The zero-order chi connectivity index (χ0) is 29.1. The third-order valence-corrected chi connectivity index (χ3v) is 6.33. The van der Waals surface area contributed by atoms with E-state index in [1.165, 1.54) is 26.3 Å². The minimum Gasteiger partial charge on any atom is -0.503 e. The molecule has 1 aromatic carbocycles. The fourth-order valence-electron chi connectivity index (χ4n) is 4.04. The predicted octanol–water partition coefficient (Wildman–Crippen LogP) is 1.47. The maximum atomic E-state index is 13.3. The van der Waals surface area contributed by atoms with Crippen LogP contribution in [0, 0.1) is 17.8 Å². The number of hydrogen-bond acceptors (Lipinski definition) is 10. The lowest BCUT2D eigenvalue weighted by Gasteiger charge is -2.33. The summed E-state index contributed by atoms with van der Waals surface area (Å²) in [5, 5.41) is 33.2. The van der Waals surface area contributed by atoms with Gasteiger partial charge >= 0.3 is 5.97 Å². The molecule has 5 atom stereocenters. The van der Waals surface area contributed by atoms with Gasteiger partial charge in [0.1, 0.15) is 18.5 Å². The van der Waals surface area contributed by atoms with E-state index < -0.39 is 71.7 Å². The van der Waals surface area contributed by atoms with E-state index in [0.717, 1.165) is 5.56 Å². The molecule has 39 heavy (non-hydrogen) atoms. The number of nitrogens with zero attached hydrogens (tertiary/aromatic N) is 1. The summed E-state index contributed by atoms with van der Waals surface area (Å²) in [6.45, 7) is 4.20. The molecular formula is C28H36N2O9. The van der Waals surface area contributed by atoms with E-state index in [2.05, 4.69) is 10.3 Å². The Balaban J connectivity index is 2.31. The van der Waals surface area contributed by atoms with Crippen molar-refractivity contribution in [2.45, 2.75) is 51.9 Å². The molecule has 212 valence electrons. The molecule has 0 spiro atoms. The van der Waals surface area contributed by atoms with Crippen molar-refractivity contribution >= 4 is 23.9 Å². The van der Waals surface area contributed by atoms with Crippen molar-refractivity contribution in [1.29, 1.82) is 0 Å². The number of aliphatic hydroxyl groups is 2. The van der Waals surface area contributed by atoms with Crippen LogP contribution in [0.3, 0.4) is 0 Å². The molecule has 4 N–H and O–H groups in total. The van der Waals surface area contributed by atoms with Crippen LogP contribution in [-0.2, 0) is 25.5 Å². The lowest BCUT2D eigenvalue weighted by Crippen LogP contribution is -2.51. The van der Waals surface area contributed by atoms with Gasteiger partial charge in [-0.05, 0) is 18.4 Å². The number of amides is 1. The fourth-order valence-corrected chi connectivity index (χ4v) is 4.04. The fraction of sp³-hybridized carbons (Fsp3) is 0.464. The minimum absolute atomic E-state index is 0.0121. The molecule has 1 unspecified atom stereocenters. The lowest BCUT2D eigenvalue weighted by molar-refractivity contribution is -0.164. The third-order valence-electron chi connectivity index (χ3n) is 6.33. The van der Waals surface area contributed by atoms with Gasteiger partial charge in [0.25, 0.3) is 5.91 Å². The first-order chi connectivity index (χ1) is 18.5. The van der Waals surface area contributed by atoms with Gasteiger partial charge < -0.3 is 34.9 Å². The van der Waals surface area contributed by atoms with Gasteiger partial charge in [-0.3, -0.25) is 14.4 Å². The Bertz CT molecular complexity index is 1120. The summed E-state index contributed by atoms with van der Waals surface area (Å²) in [5.41, 5.74) is 0.379. The molecule has 11 nitrogen and oxygen atoms in total. The molecule has 1 heterocycles. The quantitative estimate of drug-likeness (QED) is 0.190. The number of pyridine rings is 1. The molecule has 2 aromatic rings. The number of aldehydes is 1. The van der Waals surface area contributed by atoms with E-state index in [1.807, 2.05) is 6.07 Å². The third kappa shape index (κ3) is 8.33. The summed E-state index contributed by atoms with van der Waals surface area (Å²) in [5.74, 6) is -5.43. The zero-order valence-corrected chi connectivity index (χ0v) is 22.4. The number of benzene rings is 1. The van der Waals surface area contributed by atoms with Crippen molar-refractivity contribution < 1.29 is 44.0 Å². The van der Waals surface area contributed by atoms with Crippen molar-refractivity contribution in [2.75, 3.05) is 13.7 Å². The van der Waals surface area contributed by atoms with Crippen molar-refractivity contribution in [3.63, 3.8) is 0 Å². The maximum absolute atomic E-state index is 13.3. The first-order valence-electron chi connectivity index (χ1n) is 12.6. The monoisotopic (exact) mass is 544 g/mol. The Morgan fingerprint density at radius 1 is 1.10 bits per heavy atom. The van der Waals surface area contributed by atoms with E-state index in [-0.39, 0.29) is 18.6 Å². The standard InChI is InChI=1S/C28H36N2O9/c1-16(2)28(37)39-26(19(15-32)14-18-8-6-5-7-9-18)17(3)23(33)24(34)20(11-13-31)30-27(36)22-25(35)21(38-4)10-12-29-22/h5-10,12,15-17,19-20,23,26,31,33,35H,11,13-14H2,1-4H3,(H,30,36)/t17-,19-,20-,23?,26+/m0/s1. The van der Waals surface area contributed by atoms with Crippen LogP contribution >= 0.6 is 0 Å². The van der Waals surface area contributed by atoms with Crippen molar-refractivity contribution in [3.05, 3.63) is 53.9 Å². The number of hydrogen-bond donors (Lipinski definition) is 4. The van der Waals surface area contributed by atoms with Gasteiger partial charge in [0.15, 0.2) is 23.0 Å². The summed E-state index contributed by atoms with van der Waals surface area (Å²) in [7, 11) is 1.29. The molecule has 0 saturated heterocycles. The number of carbonyl (C=O) groups is 4. The average molecular weight is 545 g/mol.